The molecule has 1 fully saturated rings. The highest BCUT2D eigenvalue weighted by Crippen LogP contribution is 2.21. The molecule has 0 amide bonds. The van der Waals surface area contributed by atoms with Gasteiger partial charge in [0.05, 0.1) is 11.5 Å². The van der Waals surface area contributed by atoms with Crippen LogP contribution in [0.3, 0.4) is 0 Å². The molecule has 2 nitrogen and oxygen atoms in total. The average molecular weight is 227 g/mol. The van der Waals surface area contributed by atoms with Crippen molar-refractivity contribution in [3.05, 3.63) is 0 Å². The number of alkyl halides is 1. The van der Waals surface area contributed by atoms with Gasteiger partial charge in [-0.2, -0.15) is 0 Å². The van der Waals surface area contributed by atoms with Crippen LogP contribution in [0.2, 0.25) is 0 Å². The molecule has 1 aliphatic heterocycles. The van der Waals surface area contributed by atoms with Crippen molar-refractivity contribution < 1.29 is 8.42 Å². The summed E-state index contributed by atoms with van der Waals surface area (Å²) < 4.78 is 21.8. The molecule has 0 aliphatic carbocycles. The van der Waals surface area contributed by atoms with E-state index in [1.807, 2.05) is 0 Å². The first-order chi connectivity index (χ1) is 4.64. The Labute approximate surface area is 70.1 Å². The van der Waals surface area contributed by atoms with E-state index in [4.69, 9.17) is 0 Å². The summed E-state index contributed by atoms with van der Waals surface area (Å²) in [6.45, 7) is 0. The van der Waals surface area contributed by atoms with Gasteiger partial charge >= 0.3 is 0 Å². The van der Waals surface area contributed by atoms with Gasteiger partial charge < -0.3 is 0 Å². The summed E-state index contributed by atoms with van der Waals surface area (Å²) in [5.41, 5.74) is 0. The molecule has 0 saturated carbocycles. The normalized spacial score (nSPS) is 30.7. The minimum atomic E-state index is -2.64. The van der Waals surface area contributed by atoms with Gasteiger partial charge in [-0.05, 0) is 18.8 Å². The van der Waals surface area contributed by atoms with E-state index in [0.29, 0.717) is 17.4 Å². The second kappa shape index (κ2) is 3.22. The molecular formula is C6H11BrO2S. The van der Waals surface area contributed by atoms with E-state index in [1.54, 1.807) is 0 Å². The maximum Gasteiger partial charge on any atom is 0.150 e. The summed E-state index contributed by atoms with van der Waals surface area (Å²) in [5, 5.41) is 0.924. The summed E-state index contributed by atoms with van der Waals surface area (Å²) in [6.07, 6.45) is 1.87. The Morgan fingerprint density at radius 1 is 1.50 bits per heavy atom. The van der Waals surface area contributed by atoms with Gasteiger partial charge in [0.1, 0.15) is 0 Å². The maximum absolute atomic E-state index is 10.9. The molecule has 0 aromatic carbocycles. The predicted octanol–water partition coefficient (Wildman–Crippen LogP) is 1.21. The van der Waals surface area contributed by atoms with Crippen LogP contribution >= 0.6 is 15.9 Å². The van der Waals surface area contributed by atoms with Gasteiger partial charge in [-0.15, -0.1) is 0 Å². The minimum absolute atomic E-state index is 0.407. The van der Waals surface area contributed by atoms with Gasteiger partial charge in [0, 0.05) is 5.33 Å². The lowest BCUT2D eigenvalue weighted by Crippen LogP contribution is -2.04. The van der Waals surface area contributed by atoms with Crippen molar-refractivity contribution in [3.63, 3.8) is 0 Å². The number of halogens is 1. The molecule has 60 valence electrons. The summed E-state index contributed by atoms with van der Waals surface area (Å²) >= 11 is 3.30. The lowest BCUT2D eigenvalue weighted by molar-refractivity contribution is 0.575. The molecule has 1 atom stereocenters. The van der Waals surface area contributed by atoms with E-state index in [2.05, 4.69) is 15.9 Å². The van der Waals surface area contributed by atoms with E-state index in [-0.39, 0.29) is 0 Å². The zero-order valence-electron chi connectivity index (χ0n) is 5.72. The van der Waals surface area contributed by atoms with Crippen LogP contribution < -0.4 is 0 Å². The minimum Gasteiger partial charge on any atom is -0.229 e. The highest BCUT2D eigenvalue weighted by molar-refractivity contribution is 9.09. The van der Waals surface area contributed by atoms with Gasteiger partial charge in [-0.1, -0.05) is 15.9 Å². The first kappa shape index (κ1) is 8.53. The number of hydrogen-bond acceptors (Lipinski definition) is 2. The predicted molar refractivity (Wildman–Crippen MR) is 45.2 cm³/mol. The first-order valence-electron chi connectivity index (χ1n) is 3.40. The second-order valence-electron chi connectivity index (χ2n) is 2.75. The third kappa shape index (κ3) is 2.23. The Balaban J connectivity index is 2.44. The lowest BCUT2D eigenvalue weighted by atomic mass is 10.1. The number of sulfone groups is 1. The van der Waals surface area contributed by atoms with E-state index in [1.165, 1.54) is 0 Å². The summed E-state index contributed by atoms with van der Waals surface area (Å²) in [7, 11) is -2.64. The molecule has 1 unspecified atom stereocenters. The fourth-order valence-electron chi connectivity index (χ4n) is 1.25. The van der Waals surface area contributed by atoms with Crippen molar-refractivity contribution in [1.29, 1.82) is 0 Å². The van der Waals surface area contributed by atoms with Crippen LogP contribution in [0.1, 0.15) is 12.8 Å². The molecule has 10 heavy (non-hydrogen) atoms. The fraction of sp³-hybridized carbons (Fsp3) is 1.00. The first-order valence-corrected chi connectivity index (χ1v) is 6.35. The van der Waals surface area contributed by atoms with Crippen molar-refractivity contribution in [2.75, 3.05) is 16.8 Å². The van der Waals surface area contributed by atoms with Gasteiger partial charge in [-0.25, -0.2) is 8.42 Å². The van der Waals surface area contributed by atoms with Crippen LogP contribution in [0.15, 0.2) is 0 Å². The van der Waals surface area contributed by atoms with Gasteiger partial charge in [0.2, 0.25) is 0 Å². The second-order valence-corrected chi connectivity index (χ2v) is 5.77. The monoisotopic (exact) mass is 226 g/mol. The van der Waals surface area contributed by atoms with Crippen molar-refractivity contribution >= 4 is 25.8 Å². The van der Waals surface area contributed by atoms with E-state index in [9.17, 15) is 8.42 Å². The van der Waals surface area contributed by atoms with E-state index in [0.717, 1.165) is 18.2 Å². The molecular weight excluding hydrogens is 216 g/mol. The zero-order valence-corrected chi connectivity index (χ0v) is 8.12. The Kier molecular flexibility index (Phi) is 2.74. The quantitative estimate of drug-likeness (QED) is 0.664. The van der Waals surface area contributed by atoms with Crippen molar-refractivity contribution in [2.24, 2.45) is 5.92 Å². The Morgan fingerprint density at radius 2 is 2.20 bits per heavy atom. The molecule has 0 N–H and O–H groups in total. The van der Waals surface area contributed by atoms with E-state index < -0.39 is 9.84 Å². The van der Waals surface area contributed by atoms with Crippen LogP contribution in [-0.4, -0.2) is 25.3 Å². The van der Waals surface area contributed by atoms with Crippen molar-refractivity contribution in [2.45, 2.75) is 12.8 Å². The summed E-state index contributed by atoms with van der Waals surface area (Å²) in [6, 6.07) is 0. The topological polar surface area (TPSA) is 34.1 Å². The van der Waals surface area contributed by atoms with Crippen LogP contribution in [0.5, 0.6) is 0 Å². The third-order valence-electron chi connectivity index (χ3n) is 1.84. The molecule has 0 aromatic rings. The third-order valence-corrected chi connectivity index (χ3v) is 4.14. The lowest BCUT2D eigenvalue weighted by Gasteiger charge is -2.01. The molecule has 4 heteroatoms. The smallest absolute Gasteiger partial charge is 0.150 e. The number of rotatable bonds is 2. The van der Waals surface area contributed by atoms with Crippen LogP contribution in [0.4, 0.5) is 0 Å². The molecule has 0 spiro atoms. The van der Waals surface area contributed by atoms with Gasteiger partial charge in [0.25, 0.3) is 0 Å². The summed E-state index contributed by atoms with van der Waals surface area (Å²) in [4.78, 5) is 0. The van der Waals surface area contributed by atoms with Crippen LogP contribution in [0, 0.1) is 5.92 Å². The molecule has 0 aromatic heterocycles. The molecule has 1 rings (SSSR count). The highest BCUT2D eigenvalue weighted by atomic mass is 79.9. The van der Waals surface area contributed by atoms with Crippen LogP contribution in [-0.2, 0) is 9.84 Å². The molecule has 0 bridgehead atoms. The zero-order chi connectivity index (χ0) is 7.61. The molecule has 1 saturated heterocycles. The van der Waals surface area contributed by atoms with E-state index >= 15 is 0 Å². The Morgan fingerprint density at radius 3 is 2.60 bits per heavy atom. The standard InChI is InChI=1S/C6H11BrO2S/c7-3-1-6-2-4-10(8,9)5-6/h6H,1-5H2. The largest absolute Gasteiger partial charge is 0.229 e. The number of hydrogen-bond donors (Lipinski definition) is 0. The Hall–Kier alpha value is 0.430. The highest BCUT2D eigenvalue weighted by Gasteiger charge is 2.26. The van der Waals surface area contributed by atoms with Crippen molar-refractivity contribution in [1.82, 2.24) is 0 Å². The van der Waals surface area contributed by atoms with Crippen LogP contribution in [0.25, 0.3) is 0 Å². The Bertz CT molecular complexity index is 198. The molecule has 1 heterocycles. The van der Waals surface area contributed by atoms with Gasteiger partial charge in [0.15, 0.2) is 9.84 Å². The summed E-state index contributed by atoms with van der Waals surface area (Å²) in [5.74, 6) is 1.24. The maximum atomic E-state index is 10.9. The molecule has 1 aliphatic rings. The van der Waals surface area contributed by atoms with Crippen molar-refractivity contribution in [3.8, 4) is 0 Å². The fourth-order valence-corrected chi connectivity index (χ4v) is 3.81. The SMILES string of the molecule is O=S1(=O)CCC(CCBr)C1. The van der Waals surface area contributed by atoms with Gasteiger partial charge in [-0.3, -0.25) is 0 Å². The average Bonchev–Trinajstić information content (AvgIpc) is 2.12. The molecule has 0 radical (unpaired) electrons.